The molecule has 2 fully saturated rings. The van der Waals surface area contributed by atoms with Crippen LogP contribution in [-0.4, -0.2) is 65.7 Å². The van der Waals surface area contributed by atoms with E-state index < -0.39 is 22.2 Å². The van der Waals surface area contributed by atoms with Crippen molar-refractivity contribution in [2.45, 2.75) is 49.8 Å². The van der Waals surface area contributed by atoms with Crippen molar-refractivity contribution in [1.82, 2.24) is 14.1 Å². The Labute approximate surface area is 224 Å². The molecule has 0 radical (unpaired) electrons. The normalized spacial score (nSPS) is 21.6. The van der Waals surface area contributed by atoms with Gasteiger partial charge >= 0.3 is 0 Å². The summed E-state index contributed by atoms with van der Waals surface area (Å²) < 4.78 is 28.9. The number of hydrogen-bond acceptors (Lipinski definition) is 4. The molecule has 2 unspecified atom stereocenters. The van der Waals surface area contributed by atoms with E-state index in [9.17, 15) is 18.0 Å². The molecule has 0 aliphatic carbocycles. The molecule has 35 heavy (non-hydrogen) atoms. The van der Waals surface area contributed by atoms with Crippen molar-refractivity contribution in [3.05, 3.63) is 62.1 Å². The van der Waals surface area contributed by atoms with Crippen LogP contribution in [0, 0.1) is 0 Å². The van der Waals surface area contributed by atoms with Gasteiger partial charge in [-0.15, -0.1) is 0 Å². The minimum absolute atomic E-state index is 0.0292. The first-order chi connectivity index (χ1) is 16.4. The molecule has 2 atom stereocenters. The van der Waals surface area contributed by atoms with Crippen LogP contribution in [0.5, 0.6) is 0 Å². The molecular formula is C23H23Cl4N3O4S. The first-order valence-electron chi connectivity index (χ1n) is 10.9. The van der Waals surface area contributed by atoms with E-state index in [4.69, 9.17) is 46.4 Å². The quantitative estimate of drug-likeness (QED) is 0.515. The lowest BCUT2D eigenvalue weighted by Gasteiger charge is -2.52. The summed E-state index contributed by atoms with van der Waals surface area (Å²) in [6, 6.07) is 8.53. The SMILES string of the molecule is CC(C)N1CC2N(C(=O)CCN2S(=O)(=O)c2c(Cl)cc(Cl)cc2Cl)C(Cc2ccc(Cl)cc2)C1=O. The van der Waals surface area contributed by atoms with Gasteiger partial charge in [-0.1, -0.05) is 58.5 Å². The lowest BCUT2D eigenvalue weighted by atomic mass is 9.97. The monoisotopic (exact) mass is 577 g/mol. The third kappa shape index (κ3) is 5.02. The third-order valence-corrected chi connectivity index (χ3v) is 9.54. The van der Waals surface area contributed by atoms with Crippen LogP contribution < -0.4 is 0 Å². The summed E-state index contributed by atoms with van der Waals surface area (Å²) in [5.74, 6) is -0.521. The van der Waals surface area contributed by atoms with Crippen molar-refractivity contribution in [2.75, 3.05) is 13.1 Å². The Bertz CT molecular complexity index is 1250. The van der Waals surface area contributed by atoms with E-state index in [0.29, 0.717) is 5.02 Å². The maximum atomic E-state index is 13.8. The second kappa shape index (κ2) is 10.1. The number of rotatable bonds is 5. The van der Waals surface area contributed by atoms with Crippen molar-refractivity contribution in [3.8, 4) is 0 Å². The van der Waals surface area contributed by atoms with Crippen LogP contribution in [0.4, 0.5) is 0 Å². The van der Waals surface area contributed by atoms with Gasteiger partial charge in [-0.05, 0) is 43.7 Å². The molecule has 0 N–H and O–H groups in total. The number of fused-ring (bicyclic) bond motifs is 1. The highest BCUT2D eigenvalue weighted by atomic mass is 35.5. The average Bonchev–Trinajstić information content (AvgIpc) is 2.75. The number of hydrogen-bond donors (Lipinski definition) is 0. The maximum Gasteiger partial charge on any atom is 0.247 e. The van der Waals surface area contributed by atoms with E-state index in [2.05, 4.69) is 0 Å². The molecule has 2 saturated heterocycles. The fourth-order valence-electron chi connectivity index (χ4n) is 4.59. The zero-order valence-corrected chi connectivity index (χ0v) is 22.8. The molecule has 2 aromatic rings. The molecule has 0 spiro atoms. The Balaban J connectivity index is 1.79. The molecule has 2 heterocycles. The highest BCUT2D eigenvalue weighted by Crippen LogP contribution is 2.38. The summed E-state index contributed by atoms with van der Waals surface area (Å²) in [6.07, 6.45) is -0.774. The topological polar surface area (TPSA) is 78.0 Å². The molecule has 0 saturated carbocycles. The molecule has 4 rings (SSSR count). The summed E-state index contributed by atoms with van der Waals surface area (Å²) in [4.78, 5) is 29.4. The Morgan fingerprint density at radius 2 is 1.57 bits per heavy atom. The van der Waals surface area contributed by atoms with Crippen molar-refractivity contribution in [3.63, 3.8) is 0 Å². The second-order valence-electron chi connectivity index (χ2n) is 8.78. The number of halogens is 4. The maximum absolute atomic E-state index is 13.8. The highest BCUT2D eigenvalue weighted by molar-refractivity contribution is 7.89. The number of nitrogens with zero attached hydrogens (tertiary/aromatic N) is 3. The predicted octanol–water partition coefficient (Wildman–Crippen LogP) is 4.71. The van der Waals surface area contributed by atoms with E-state index >= 15 is 0 Å². The molecule has 12 heteroatoms. The van der Waals surface area contributed by atoms with Gasteiger partial charge in [-0.2, -0.15) is 4.31 Å². The molecule has 2 aromatic carbocycles. The summed E-state index contributed by atoms with van der Waals surface area (Å²) in [6.45, 7) is 3.67. The number of carbonyl (C=O) groups excluding carboxylic acids is 2. The predicted molar refractivity (Wildman–Crippen MR) is 136 cm³/mol. The second-order valence-corrected chi connectivity index (χ2v) is 12.3. The van der Waals surface area contributed by atoms with Crippen LogP contribution in [0.15, 0.2) is 41.3 Å². The number of amides is 2. The Morgan fingerprint density at radius 3 is 2.14 bits per heavy atom. The number of carbonyl (C=O) groups is 2. The van der Waals surface area contributed by atoms with Gasteiger partial charge in [0.1, 0.15) is 17.1 Å². The smallest absolute Gasteiger partial charge is 0.247 e. The van der Waals surface area contributed by atoms with E-state index in [-0.39, 0.29) is 63.8 Å². The van der Waals surface area contributed by atoms with Gasteiger partial charge in [0.15, 0.2) is 0 Å². The number of benzene rings is 2. The van der Waals surface area contributed by atoms with Gasteiger partial charge in [0.25, 0.3) is 0 Å². The minimum Gasteiger partial charge on any atom is -0.335 e. The van der Waals surface area contributed by atoms with Crippen LogP contribution in [0.1, 0.15) is 25.8 Å². The molecule has 2 aliphatic heterocycles. The van der Waals surface area contributed by atoms with Gasteiger partial charge in [-0.25, -0.2) is 8.42 Å². The molecule has 0 aromatic heterocycles. The Morgan fingerprint density at radius 1 is 0.971 bits per heavy atom. The standard InChI is InChI=1S/C23H23Cl4N3O4S/c1-13(2)28-12-20-29(35(33,34)22-17(26)10-16(25)11-18(22)27)8-7-21(31)30(20)19(23(28)32)9-14-3-5-15(24)6-4-14/h3-6,10-11,13,19-20H,7-9,12H2,1-2H3. The summed E-state index contributed by atoms with van der Waals surface area (Å²) >= 11 is 24.5. The van der Waals surface area contributed by atoms with Gasteiger partial charge in [-0.3, -0.25) is 9.59 Å². The van der Waals surface area contributed by atoms with Crippen molar-refractivity contribution >= 4 is 68.2 Å². The molecule has 188 valence electrons. The Kier molecular flexibility index (Phi) is 7.63. The first-order valence-corrected chi connectivity index (χ1v) is 13.9. The van der Waals surface area contributed by atoms with Crippen LogP contribution in [0.3, 0.4) is 0 Å². The van der Waals surface area contributed by atoms with Crippen molar-refractivity contribution in [1.29, 1.82) is 0 Å². The van der Waals surface area contributed by atoms with Gasteiger partial charge in [0.05, 0.1) is 16.6 Å². The zero-order valence-electron chi connectivity index (χ0n) is 18.9. The summed E-state index contributed by atoms with van der Waals surface area (Å²) in [5, 5.41) is 0.521. The Hall–Kier alpha value is -1.55. The van der Waals surface area contributed by atoms with Gasteiger partial charge in [0.2, 0.25) is 21.8 Å². The summed E-state index contributed by atoms with van der Waals surface area (Å²) in [7, 11) is -4.24. The number of piperazine rings is 1. The lowest BCUT2D eigenvalue weighted by Crippen LogP contribution is -2.72. The van der Waals surface area contributed by atoms with E-state index in [1.54, 1.807) is 29.2 Å². The molecule has 0 bridgehead atoms. The molecule has 2 aliphatic rings. The first kappa shape index (κ1) is 26.5. The van der Waals surface area contributed by atoms with E-state index in [1.807, 2.05) is 13.8 Å². The number of sulfonamides is 1. The third-order valence-electron chi connectivity index (χ3n) is 6.25. The van der Waals surface area contributed by atoms with Gasteiger partial charge in [0, 0.05) is 35.5 Å². The van der Waals surface area contributed by atoms with Crippen LogP contribution in [0.25, 0.3) is 0 Å². The van der Waals surface area contributed by atoms with Crippen molar-refractivity contribution in [2.24, 2.45) is 0 Å². The van der Waals surface area contributed by atoms with Crippen LogP contribution in [-0.2, 0) is 26.0 Å². The molecule has 2 amide bonds. The highest BCUT2D eigenvalue weighted by Gasteiger charge is 2.51. The van der Waals surface area contributed by atoms with Crippen LogP contribution >= 0.6 is 46.4 Å². The van der Waals surface area contributed by atoms with E-state index in [0.717, 1.165) is 5.56 Å². The zero-order chi connectivity index (χ0) is 25.7. The van der Waals surface area contributed by atoms with E-state index in [1.165, 1.54) is 21.3 Å². The summed E-state index contributed by atoms with van der Waals surface area (Å²) in [5.41, 5.74) is 0.800. The van der Waals surface area contributed by atoms with Gasteiger partial charge < -0.3 is 9.80 Å². The lowest BCUT2D eigenvalue weighted by molar-refractivity contribution is -0.166. The molecule has 7 nitrogen and oxygen atoms in total. The molecular weight excluding hydrogens is 556 g/mol. The fourth-order valence-corrected chi connectivity index (χ4v) is 7.79. The largest absolute Gasteiger partial charge is 0.335 e. The van der Waals surface area contributed by atoms with Crippen molar-refractivity contribution < 1.29 is 18.0 Å². The van der Waals surface area contributed by atoms with Crippen LogP contribution in [0.2, 0.25) is 20.1 Å². The minimum atomic E-state index is -4.24. The fraction of sp³-hybridized carbons (Fsp3) is 0.391. The average molecular weight is 579 g/mol.